The fraction of sp³-hybridized carbons (Fsp3) is 0.167. The topological polar surface area (TPSA) is 77.8 Å². The molecule has 6 nitrogen and oxygen atoms in total. The first-order valence-electron chi connectivity index (χ1n) is 9.57. The van der Waals surface area contributed by atoms with Gasteiger partial charge in [0, 0.05) is 22.7 Å². The lowest BCUT2D eigenvalue weighted by Gasteiger charge is -2.14. The first-order chi connectivity index (χ1) is 14.5. The van der Waals surface area contributed by atoms with Crippen LogP contribution < -0.4 is 10.1 Å². The van der Waals surface area contributed by atoms with Gasteiger partial charge in [0.15, 0.2) is 6.10 Å². The van der Waals surface area contributed by atoms with Gasteiger partial charge in [-0.3, -0.25) is 9.59 Å². The van der Waals surface area contributed by atoms with Crippen molar-refractivity contribution in [3.63, 3.8) is 0 Å². The van der Waals surface area contributed by atoms with Crippen molar-refractivity contribution in [3.05, 3.63) is 72.5 Å². The molecule has 0 aliphatic heterocycles. The summed E-state index contributed by atoms with van der Waals surface area (Å²) in [6, 6.07) is 18.7. The van der Waals surface area contributed by atoms with Crippen LogP contribution in [0.25, 0.3) is 21.7 Å². The van der Waals surface area contributed by atoms with Crippen LogP contribution >= 0.6 is 0 Å². The number of hydrogen-bond acceptors (Lipinski definition) is 5. The molecule has 1 aromatic heterocycles. The van der Waals surface area contributed by atoms with Gasteiger partial charge < -0.3 is 19.2 Å². The molecule has 4 aromatic rings. The molecule has 0 aliphatic rings. The molecular weight excluding hydrogens is 382 g/mol. The predicted molar refractivity (Wildman–Crippen MR) is 115 cm³/mol. The molecular formula is C24H21NO5. The Balaban J connectivity index is 1.45. The lowest BCUT2D eigenvalue weighted by molar-refractivity contribution is -0.152. The highest BCUT2D eigenvalue weighted by atomic mass is 16.5. The average molecular weight is 403 g/mol. The number of benzene rings is 3. The van der Waals surface area contributed by atoms with Crippen molar-refractivity contribution in [2.24, 2.45) is 0 Å². The molecule has 0 aliphatic carbocycles. The second-order valence-electron chi connectivity index (χ2n) is 6.95. The molecule has 0 saturated heterocycles. The van der Waals surface area contributed by atoms with Crippen molar-refractivity contribution in [1.82, 2.24) is 0 Å². The number of anilines is 1. The van der Waals surface area contributed by atoms with Crippen molar-refractivity contribution in [2.45, 2.75) is 19.4 Å². The highest BCUT2D eigenvalue weighted by Crippen LogP contribution is 2.30. The molecule has 6 heteroatoms. The van der Waals surface area contributed by atoms with Crippen molar-refractivity contribution in [2.75, 3.05) is 12.4 Å². The van der Waals surface area contributed by atoms with Gasteiger partial charge in [0.1, 0.15) is 11.3 Å². The Bertz CT molecular complexity index is 1230. The number of amides is 1. The zero-order valence-corrected chi connectivity index (χ0v) is 16.7. The van der Waals surface area contributed by atoms with E-state index >= 15 is 0 Å². The molecule has 152 valence electrons. The van der Waals surface area contributed by atoms with Crippen molar-refractivity contribution < 1.29 is 23.5 Å². The summed E-state index contributed by atoms with van der Waals surface area (Å²) in [7, 11) is 1.55. The number of esters is 1. The zero-order chi connectivity index (χ0) is 21.1. The van der Waals surface area contributed by atoms with E-state index < -0.39 is 18.0 Å². The molecule has 1 heterocycles. The van der Waals surface area contributed by atoms with Crippen LogP contribution in [0.4, 0.5) is 5.69 Å². The quantitative estimate of drug-likeness (QED) is 0.472. The molecule has 1 N–H and O–H groups in total. The standard InChI is InChI=1S/C24H21NO5/c1-15(24(27)25-18-7-5-8-19(13-18)28-2)30-22(26)12-17-14-29-21-11-10-16-6-3-4-9-20(16)23(17)21/h3-11,13-15H,12H2,1-2H3,(H,25,27)/t15-/m0/s1. The summed E-state index contributed by atoms with van der Waals surface area (Å²) in [4.78, 5) is 24.9. The van der Waals surface area contributed by atoms with E-state index in [4.69, 9.17) is 13.9 Å². The van der Waals surface area contributed by atoms with Gasteiger partial charge in [-0.15, -0.1) is 0 Å². The van der Waals surface area contributed by atoms with Crippen LogP contribution in [0, 0.1) is 0 Å². The Kier molecular flexibility index (Phi) is 5.39. The summed E-state index contributed by atoms with van der Waals surface area (Å²) in [6.45, 7) is 1.54. The maximum absolute atomic E-state index is 12.5. The number of carbonyl (C=O) groups excluding carboxylic acids is 2. The average Bonchev–Trinajstić information content (AvgIpc) is 3.16. The number of carbonyl (C=O) groups is 2. The zero-order valence-electron chi connectivity index (χ0n) is 16.7. The van der Waals surface area contributed by atoms with E-state index in [1.807, 2.05) is 36.4 Å². The number of methoxy groups -OCH3 is 1. The second kappa shape index (κ2) is 8.29. The third-order valence-electron chi connectivity index (χ3n) is 4.89. The Morgan fingerprint density at radius 1 is 1.07 bits per heavy atom. The molecule has 30 heavy (non-hydrogen) atoms. The summed E-state index contributed by atoms with van der Waals surface area (Å²) in [5, 5.41) is 5.68. The highest BCUT2D eigenvalue weighted by Gasteiger charge is 2.20. The van der Waals surface area contributed by atoms with Gasteiger partial charge in [-0.25, -0.2) is 0 Å². The van der Waals surface area contributed by atoms with Gasteiger partial charge >= 0.3 is 5.97 Å². The monoisotopic (exact) mass is 403 g/mol. The lowest BCUT2D eigenvalue weighted by atomic mass is 10.0. The van der Waals surface area contributed by atoms with E-state index in [1.54, 1.807) is 37.6 Å². The number of fused-ring (bicyclic) bond motifs is 3. The first-order valence-corrected chi connectivity index (χ1v) is 9.57. The molecule has 1 amide bonds. The van der Waals surface area contributed by atoms with Crippen LogP contribution in [0.1, 0.15) is 12.5 Å². The molecule has 0 bridgehead atoms. The number of hydrogen-bond donors (Lipinski definition) is 1. The molecule has 0 saturated carbocycles. The van der Waals surface area contributed by atoms with Gasteiger partial charge in [-0.05, 0) is 35.9 Å². The molecule has 0 spiro atoms. The fourth-order valence-electron chi connectivity index (χ4n) is 3.40. The van der Waals surface area contributed by atoms with Gasteiger partial charge in [0.05, 0.1) is 19.8 Å². The lowest BCUT2D eigenvalue weighted by Crippen LogP contribution is -2.30. The van der Waals surface area contributed by atoms with Crippen LogP contribution in [-0.2, 0) is 20.7 Å². The van der Waals surface area contributed by atoms with E-state index in [-0.39, 0.29) is 6.42 Å². The summed E-state index contributed by atoms with van der Waals surface area (Å²) in [5.41, 5.74) is 2.00. The van der Waals surface area contributed by atoms with E-state index in [0.717, 1.165) is 21.7 Å². The number of furan rings is 1. The summed E-state index contributed by atoms with van der Waals surface area (Å²) in [6.07, 6.45) is 0.635. The highest BCUT2D eigenvalue weighted by molar-refractivity contribution is 6.08. The van der Waals surface area contributed by atoms with Crippen LogP contribution in [-0.4, -0.2) is 25.1 Å². The van der Waals surface area contributed by atoms with Crippen molar-refractivity contribution in [3.8, 4) is 5.75 Å². The largest absolute Gasteiger partial charge is 0.497 e. The van der Waals surface area contributed by atoms with E-state index in [2.05, 4.69) is 5.32 Å². The van der Waals surface area contributed by atoms with E-state index in [0.29, 0.717) is 17.0 Å². The summed E-state index contributed by atoms with van der Waals surface area (Å²) >= 11 is 0. The Labute approximate surface area is 173 Å². The smallest absolute Gasteiger partial charge is 0.311 e. The van der Waals surface area contributed by atoms with Crippen molar-refractivity contribution in [1.29, 1.82) is 0 Å². The number of nitrogens with one attached hydrogen (secondary N) is 1. The summed E-state index contributed by atoms with van der Waals surface area (Å²) < 4.78 is 16.1. The minimum Gasteiger partial charge on any atom is -0.497 e. The first kappa shape index (κ1) is 19.5. The minimum atomic E-state index is -0.946. The van der Waals surface area contributed by atoms with Gasteiger partial charge in [-0.2, -0.15) is 0 Å². The molecule has 1 atom stereocenters. The fourth-order valence-corrected chi connectivity index (χ4v) is 3.40. The van der Waals surface area contributed by atoms with Gasteiger partial charge in [0.2, 0.25) is 0 Å². The molecule has 3 aromatic carbocycles. The SMILES string of the molecule is COc1cccc(NC(=O)[C@H](C)OC(=O)Cc2coc3ccc4ccccc4c23)c1. The predicted octanol–water partition coefficient (Wildman–Crippen LogP) is 4.71. The third-order valence-corrected chi connectivity index (χ3v) is 4.89. The Morgan fingerprint density at radius 3 is 2.73 bits per heavy atom. The number of ether oxygens (including phenoxy) is 2. The van der Waals surface area contributed by atoms with Crippen LogP contribution in [0.2, 0.25) is 0 Å². The van der Waals surface area contributed by atoms with Gasteiger partial charge in [-0.1, -0.05) is 36.4 Å². The second-order valence-corrected chi connectivity index (χ2v) is 6.95. The normalized spacial score (nSPS) is 11.9. The minimum absolute atomic E-state index is 0.0117. The molecule has 0 fully saturated rings. The van der Waals surface area contributed by atoms with E-state index in [1.165, 1.54) is 6.92 Å². The van der Waals surface area contributed by atoms with Crippen molar-refractivity contribution >= 4 is 39.3 Å². The Hall–Kier alpha value is -3.80. The van der Waals surface area contributed by atoms with E-state index in [9.17, 15) is 9.59 Å². The number of rotatable bonds is 6. The molecule has 4 rings (SSSR count). The molecule has 0 radical (unpaired) electrons. The Morgan fingerprint density at radius 2 is 1.90 bits per heavy atom. The third kappa shape index (κ3) is 3.98. The van der Waals surface area contributed by atoms with Crippen LogP contribution in [0.15, 0.2) is 71.3 Å². The maximum atomic E-state index is 12.5. The molecule has 0 unspecified atom stereocenters. The van der Waals surface area contributed by atoms with Gasteiger partial charge in [0.25, 0.3) is 5.91 Å². The van der Waals surface area contributed by atoms with Crippen LogP contribution in [0.5, 0.6) is 5.75 Å². The maximum Gasteiger partial charge on any atom is 0.311 e. The summed E-state index contributed by atoms with van der Waals surface area (Å²) in [5.74, 6) is -0.297. The van der Waals surface area contributed by atoms with Crippen LogP contribution in [0.3, 0.4) is 0 Å².